The Hall–Kier alpha value is -1.20. The topological polar surface area (TPSA) is 50.3 Å². The number of hydrogen-bond acceptors (Lipinski definition) is 5. The van der Waals surface area contributed by atoms with E-state index < -0.39 is 0 Å². The quantitative estimate of drug-likeness (QED) is 0.843. The fourth-order valence-electron chi connectivity index (χ4n) is 2.31. The summed E-state index contributed by atoms with van der Waals surface area (Å²) in [6.45, 7) is 5.65. The normalized spacial score (nSPS) is 20.4. The molecule has 0 aliphatic carbocycles. The molecule has 0 bridgehead atoms. The lowest BCUT2D eigenvalue weighted by molar-refractivity contribution is 0.122. The predicted octanol–water partition coefficient (Wildman–Crippen LogP) is 1.45. The molecule has 0 saturated carbocycles. The highest BCUT2D eigenvalue weighted by Crippen LogP contribution is 2.16. The van der Waals surface area contributed by atoms with Gasteiger partial charge in [-0.25, -0.2) is 0 Å². The Balaban J connectivity index is 1.79. The monoisotopic (exact) mass is 264 g/mol. The lowest BCUT2D eigenvalue weighted by Crippen LogP contribution is -2.40. The van der Waals surface area contributed by atoms with Crippen molar-refractivity contribution in [1.82, 2.24) is 20.4 Å². The highest BCUT2D eigenvalue weighted by Gasteiger charge is 2.19. The molecule has 1 atom stereocenters. The number of piperidine rings is 1. The third-order valence-corrected chi connectivity index (χ3v) is 3.60. The fraction of sp³-hybridized carbons (Fsp3) is 0.714. The van der Waals surface area contributed by atoms with E-state index in [4.69, 9.17) is 4.74 Å². The third kappa shape index (κ3) is 4.44. The molecule has 2 heterocycles. The van der Waals surface area contributed by atoms with Crippen LogP contribution < -0.4 is 10.1 Å². The van der Waals surface area contributed by atoms with Crippen LogP contribution >= 0.6 is 0 Å². The second-order valence-corrected chi connectivity index (χ2v) is 5.08. The van der Waals surface area contributed by atoms with Gasteiger partial charge >= 0.3 is 0 Å². The van der Waals surface area contributed by atoms with Crippen LogP contribution in [0.5, 0.6) is 5.88 Å². The lowest BCUT2D eigenvalue weighted by Gasteiger charge is -2.31. The van der Waals surface area contributed by atoms with Crippen molar-refractivity contribution < 1.29 is 4.74 Å². The zero-order valence-corrected chi connectivity index (χ0v) is 11.9. The summed E-state index contributed by atoms with van der Waals surface area (Å²) in [5.74, 6) is 0.624. The van der Waals surface area contributed by atoms with Crippen LogP contribution in [0.25, 0.3) is 0 Å². The van der Waals surface area contributed by atoms with Gasteiger partial charge in [0.15, 0.2) is 0 Å². The third-order valence-electron chi connectivity index (χ3n) is 3.60. The van der Waals surface area contributed by atoms with E-state index >= 15 is 0 Å². The summed E-state index contributed by atoms with van der Waals surface area (Å²) < 4.78 is 5.74. The second-order valence-electron chi connectivity index (χ2n) is 5.08. The molecule has 5 nitrogen and oxygen atoms in total. The van der Waals surface area contributed by atoms with Gasteiger partial charge in [0.1, 0.15) is 6.61 Å². The number of nitrogens with one attached hydrogen (secondary N) is 1. The summed E-state index contributed by atoms with van der Waals surface area (Å²) >= 11 is 0. The SMILES string of the molecule is CCNCc1ccc(OCC2CCCCN2C)nn1. The molecule has 19 heavy (non-hydrogen) atoms. The van der Waals surface area contributed by atoms with Gasteiger partial charge in [0.25, 0.3) is 0 Å². The molecule has 106 valence electrons. The summed E-state index contributed by atoms with van der Waals surface area (Å²) in [6.07, 6.45) is 3.81. The Bertz CT molecular complexity index is 368. The maximum atomic E-state index is 5.74. The largest absolute Gasteiger partial charge is 0.475 e. The van der Waals surface area contributed by atoms with Crippen LogP contribution in [0.3, 0.4) is 0 Å². The second kappa shape index (κ2) is 7.40. The van der Waals surface area contributed by atoms with Crippen LogP contribution in [-0.4, -0.2) is 47.9 Å². The molecule has 2 rings (SSSR count). The number of ether oxygens (including phenoxy) is 1. The molecule has 0 radical (unpaired) electrons. The molecule has 5 heteroatoms. The number of aromatic nitrogens is 2. The Morgan fingerprint density at radius 2 is 2.26 bits per heavy atom. The maximum absolute atomic E-state index is 5.74. The van der Waals surface area contributed by atoms with E-state index in [0.717, 1.165) is 18.8 Å². The van der Waals surface area contributed by atoms with Crippen LogP contribution in [0.15, 0.2) is 12.1 Å². The van der Waals surface area contributed by atoms with Gasteiger partial charge in [-0.2, -0.15) is 5.10 Å². The van der Waals surface area contributed by atoms with Crippen LogP contribution in [0.4, 0.5) is 0 Å². The average Bonchev–Trinajstić information content (AvgIpc) is 2.45. The van der Waals surface area contributed by atoms with E-state index in [9.17, 15) is 0 Å². The van der Waals surface area contributed by atoms with E-state index in [1.54, 1.807) is 0 Å². The lowest BCUT2D eigenvalue weighted by atomic mass is 10.0. The molecule has 1 aromatic heterocycles. The molecule has 1 saturated heterocycles. The summed E-state index contributed by atoms with van der Waals surface area (Å²) in [6, 6.07) is 4.38. The van der Waals surface area contributed by atoms with Gasteiger partial charge in [-0.3, -0.25) is 0 Å². The number of hydrogen-bond donors (Lipinski definition) is 1. The minimum absolute atomic E-state index is 0.511. The standard InChI is InChI=1S/C14H24N4O/c1-3-15-10-12-7-8-14(17-16-12)19-11-13-6-4-5-9-18(13)2/h7-8,13,15H,3-6,9-11H2,1-2H3. The Morgan fingerprint density at radius 3 is 2.95 bits per heavy atom. The number of likely N-dealkylation sites (tertiary alicyclic amines) is 1. The summed E-state index contributed by atoms with van der Waals surface area (Å²) in [5, 5.41) is 11.5. The van der Waals surface area contributed by atoms with Crippen molar-refractivity contribution in [1.29, 1.82) is 0 Å². The van der Waals surface area contributed by atoms with Gasteiger partial charge in [-0.05, 0) is 39.0 Å². The van der Waals surface area contributed by atoms with Crippen molar-refractivity contribution in [2.24, 2.45) is 0 Å². The molecule has 1 aromatic rings. The highest BCUT2D eigenvalue weighted by atomic mass is 16.5. The van der Waals surface area contributed by atoms with Gasteiger partial charge in [0, 0.05) is 18.7 Å². The predicted molar refractivity (Wildman–Crippen MR) is 75.2 cm³/mol. The van der Waals surface area contributed by atoms with Gasteiger partial charge in [0.05, 0.1) is 5.69 Å². The first-order chi connectivity index (χ1) is 9.29. The van der Waals surface area contributed by atoms with Gasteiger partial charge in [0.2, 0.25) is 5.88 Å². The average molecular weight is 264 g/mol. The van der Waals surface area contributed by atoms with Crippen molar-refractivity contribution in [3.63, 3.8) is 0 Å². The van der Waals surface area contributed by atoms with E-state index in [-0.39, 0.29) is 0 Å². The van der Waals surface area contributed by atoms with Crippen molar-refractivity contribution in [2.45, 2.75) is 38.8 Å². The molecule has 1 aliphatic heterocycles. The Labute approximate surface area is 115 Å². The molecular formula is C14H24N4O. The van der Waals surface area contributed by atoms with Crippen molar-refractivity contribution in [3.05, 3.63) is 17.8 Å². The summed E-state index contributed by atoms with van der Waals surface area (Å²) in [4.78, 5) is 2.37. The highest BCUT2D eigenvalue weighted by molar-refractivity contribution is 5.11. The molecule has 0 spiro atoms. The first-order valence-corrected chi connectivity index (χ1v) is 7.16. The van der Waals surface area contributed by atoms with Crippen molar-refractivity contribution in [3.8, 4) is 5.88 Å². The van der Waals surface area contributed by atoms with Gasteiger partial charge < -0.3 is 15.0 Å². The summed E-state index contributed by atoms with van der Waals surface area (Å²) in [5.41, 5.74) is 0.948. The van der Waals surface area contributed by atoms with Crippen LogP contribution in [0.2, 0.25) is 0 Å². The van der Waals surface area contributed by atoms with Crippen LogP contribution in [0.1, 0.15) is 31.9 Å². The first-order valence-electron chi connectivity index (χ1n) is 7.16. The van der Waals surface area contributed by atoms with Crippen LogP contribution in [-0.2, 0) is 6.54 Å². The zero-order valence-electron chi connectivity index (χ0n) is 11.9. The Kier molecular flexibility index (Phi) is 5.54. The van der Waals surface area contributed by atoms with E-state index in [1.165, 1.54) is 25.8 Å². The zero-order chi connectivity index (χ0) is 13.5. The van der Waals surface area contributed by atoms with E-state index in [2.05, 4.69) is 34.4 Å². The van der Waals surface area contributed by atoms with Gasteiger partial charge in [-0.1, -0.05) is 13.3 Å². The molecule has 1 N–H and O–H groups in total. The van der Waals surface area contributed by atoms with Crippen molar-refractivity contribution in [2.75, 3.05) is 26.7 Å². The molecule has 0 aromatic carbocycles. The number of rotatable bonds is 6. The maximum Gasteiger partial charge on any atom is 0.233 e. The molecule has 1 fully saturated rings. The van der Waals surface area contributed by atoms with E-state index in [0.29, 0.717) is 18.5 Å². The Morgan fingerprint density at radius 1 is 1.37 bits per heavy atom. The number of nitrogens with zero attached hydrogens (tertiary/aromatic N) is 3. The minimum Gasteiger partial charge on any atom is -0.475 e. The first kappa shape index (κ1) is 14.2. The smallest absolute Gasteiger partial charge is 0.233 e. The molecule has 0 amide bonds. The minimum atomic E-state index is 0.511. The fourth-order valence-corrected chi connectivity index (χ4v) is 2.31. The van der Waals surface area contributed by atoms with Gasteiger partial charge in [-0.15, -0.1) is 5.10 Å². The summed E-state index contributed by atoms with van der Waals surface area (Å²) in [7, 11) is 2.17. The van der Waals surface area contributed by atoms with E-state index in [1.807, 2.05) is 12.1 Å². The molecular weight excluding hydrogens is 240 g/mol. The molecule has 1 unspecified atom stereocenters. The van der Waals surface area contributed by atoms with Crippen LogP contribution in [0, 0.1) is 0 Å². The number of likely N-dealkylation sites (N-methyl/N-ethyl adjacent to an activating group) is 1. The van der Waals surface area contributed by atoms with Crippen molar-refractivity contribution >= 4 is 0 Å². The molecule has 1 aliphatic rings.